The highest BCUT2D eigenvalue weighted by molar-refractivity contribution is 5.93. The zero-order valence-electron chi connectivity index (χ0n) is 9.79. The van der Waals surface area contributed by atoms with Crippen molar-refractivity contribution in [3.8, 4) is 0 Å². The lowest BCUT2D eigenvalue weighted by molar-refractivity contribution is 0.0372. The first-order valence-electron chi connectivity index (χ1n) is 5.07. The van der Waals surface area contributed by atoms with Gasteiger partial charge in [-0.15, -0.1) is 0 Å². The Kier molecular flexibility index (Phi) is 4.19. The summed E-state index contributed by atoms with van der Waals surface area (Å²) in [6.07, 6.45) is -0.450. The zero-order valence-corrected chi connectivity index (χ0v) is 9.79. The summed E-state index contributed by atoms with van der Waals surface area (Å²) in [5.41, 5.74) is 3.94. The van der Waals surface area contributed by atoms with E-state index in [2.05, 4.69) is 0 Å². The molecule has 0 saturated carbocycles. The van der Waals surface area contributed by atoms with E-state index >= 15 is 0 Å². The van der Waals surface area contributed by atoms with Gasteiger partial charge in [0.25, 0.3) is 0 Å². The molecule has 0 bridgehead atoms. The first kappa shape index (κ1) is 13.9. The number of carbonyl (C=O) groups is 2. The molecule has 0 radical (unpaired) electrons. The molecule has 0 aromatic heterocycles. The van der Waals surface area contributed by atoms with Gasteiger partial charge in [0, 0.05) is 6.07 Å². The highest BCUT2D eigenvalue weighted by atomic mass is 19.1. The second-order valence-electron chi connectivity index (χ2n) is 3.76. The summed E-state index contributed by atoms with van der Waals surface area (Å²) in [4.78, 5) is 22.1. The van der Waals surface area contributed by atoms with Crippen LogP contribution < -0.4 is 11.1 Å². The van der Waals surface area contributed by atoms with E-state index in [1.54, 1.807) is 13.8 Å². The van der Waals surface area contributed by atoms with Crippen LogP contribution in [0.5, 0.6) is 0 Å². The molecule has 98 valence electrons. The van der Waals surface area contributed by atoms with Crippen LogP contribution in [-0.2, 0) is 4.74 Å². The van der Waals surface area contributed by atoms with Crippen LogP contribution in [0.15, 0.2) is 12.1 Å². The third kappa shape index (κ3) is 3.41. The number of hydrogen-bond donors (Lipinski definition) is 2. The summed E-state index contributed by atoms with van der Waals surface area (Å²) in [5, 5.41) is 1.94. The summed E-state index contributed by atoms with van der Waals surface area (Å²) in [6.45, 7) is 3.17. The van der Waals surface area contributed by atoms with Gasteiger partial charge in [0.1, 0.15) is 11.6 Å². The van der Waals surface area contributed by atoms with Gasteiger partial charge >= 0.3 is 12.0 Å². The van der Waals surface area contributed by atoms with Crippen LogP contribution >= 0.6 is 0 Å². The SMILES string of the molecule is CC(C)OC(=O)c1cc(NC(N)=O)c(F)cc1F. The number of esters is 1. The van der Waals surface area contributed by atoms with Crippen molar-refractivity contribution in [3.05, 3.63) is 29.3 Å². The molecule has 7 heteroatoms. The molecule has 5 nitrogen and oxygen atoms in total. The maximum absolute atomic E-state index is 13.4. The minimum Gasteiger partial charge on any atom is -0.459 e. The standard InChI is InChI=1S/C11H12F2N2O3/c1-5(2)18-10(16)6-3-9(15-11(14)17)8(13)4-7(6)12/h3-5H,1-2H3,(H3,14,15,17). The van der Waals surface area contributed by atoms with Gasteiger partial charge in [0.05, 0.1) is 17.4 Å². The van der Waals surface area contributed by atoms with Gasteiger partial charge in [-0.25, -0.2) is 18.4 Å². The lowest BCUT2D eigenvalue weighted by Crippen LogP contribution is -2.21. The van der Waals surface area contributed by atoms with Gasteiger partial charge in [-0.05, 0) is 19.9 Å². The third-order valence-electron chi connectivity index (χ3n) is 1.88. The van der Waals surface area contributed by atoms with Crippen LogP contribution in [0.1, 0.15) is 24.2 Å². The molecule has 3 N–H and O–H groups in total. The molecule has 1 aromatic rings. The van der Waals surface area contributed by atoms with E-state index in [1.807, 2.05) is 5.32 Å². The lowest BCUT2D eigenvalue weighted by Gasteiger charge is -2.10. The number of halogens is 2. The van der Waals surface area contributed by atoms with Crippen molar-refractivity contribution in [2.24, 2.45) is 5.73 Å². The van der Waals surface area contributed by atoms with Crippen molar-refractivity contribution in [2.75, 3.05) is 5.32 Å². The molecule has 0 heterocycles. The quantitative estimate of drug-likeness (QED) is 0.814. The molecule has 1 aromatic carbocycles. The monoisotopic (exact) mass is 258 g/mol. The molecule has 0 aliphatic carbocycles. The number of ether oxygens (including phenoxy) is 1. The smallest absolute Gasteiger partial charge is 0.341 e. The number of benzene rings is 1. The van der Waals surface area contributed by atoms with Crippen molar-refractivity contribution in [1.29, 1.82) is 0 Å². The number of carbonyl (C=O) groups excluding carboxylic acids is 2. The van der Waals surface area contributed by atoms with Crippen molar-refractivity contribution in [1.82, 2.24) is 0 Å². The molecule has 18 heavy (non-hydrogen) atoms. The number of primary amides is 1. The van der Waals surface area contributed by atoms with E-state index in [0.29, 0.717) is 6.07 Å². The fourth-order valence-electron chi connectivity index (χ4n) is 1.21. The van der Waals surface area contributed by atoms with Gasteiger partial charge in [0.2, 0.25) is 0 Å². The number of hydrogen-bond acceptors (Lipinski definition) is 3. The third-order valence-corrected chi connectivity index (χ3v) is 1.88. The van der Waals surface area contributed by atoms with E-state index < -0.39 is 35.3 Å². The normalized spacial score (nSPS) is 10.3. The topological polar surface area (TPSA) is 81.4 Å². The van der Waals surface area contributed by atoms with Crippen molar-refractivity contribution >= 4 is 17.7 Å². The second-order valence-corrected chi connectivity index (χ2v) is 3.76. The Hall–Kier alpha value is -2.18. The lowest BCUT2D eigenvalue weighted by atomic mass is 10.1. The minimum absolute atomic E-state index is 0.389. The average molecular weight is 258 g/mol. The first-order valence-corrected chi connectivity index (χ1v) is 5.07. The van der Waals surface area contributed by atoms with E-state index in [-0.39, 0.29) is 5.69 Å². The Morgan fingerprint density at radius 3 is 2.39 bits per heavy atom. The van der Waals surface area contributed by atoms with Gasteiger partial charge < -0.3 is 15.8 Å². The molecule has 0 spiro atoms. The minimum atomic E-state index is -1.08. The number of urea groups is 1. The van der Waals surface area contributed by atoms with Crippen LogP contribution in [0.4, 0.5) is 19.3 Å². The van der Waals surface area contributed by atoms with E-state index in [1.165, 1.54) is 0 Å². The average Bonchev–Trinajstić information content (AvgIpc) is 2.20. The number of nitrogens with one attached hydrogen (secondary N) is 1. The van der Waals surface area contributed by atoms with Crippen LogP contribution in [0.3, 0.4) is 0 Å². The van der Waals surface area contributed by atoms with Crippen LogP contribution in [0.25, 0.3) is 0 Å². The van der Waals surface area contributed by atoms with Crippen molar-refractivity contribution < 1.29 is 23.1 Å². The summed E-state index contributed by atoms with van der Waals surface area (Å²) in [6, 6.07) is 0.284. The summed E-state index contributed by atoms with van der Waals surface area (Å²) < 4.78 is 31.4. The molecule has 0 fully saturated rings. The van der Waals surface area contributed by atoms with E-state index in [0.717, 1.165) is 6.07 Å². The molecule has 0 saturated heterocycles. The van der Waals surface area contributed by atoms with Gasteiger partial charge in [-0.3, -0.25) is 0 Å². The van der Waals surface area contributed by atoms with Crippen molar-refractivity contribution in [3.63, 3.8) is 0 Å². The maximum Gasteiger partial charge on any atom is 0.341 e. The fourth-order valence-corrected chi connectivity index (χ4v) is 1.21. The van der Waals surface area contributed by atoms with E-state index in [4.69, 9.17) is 10.5 Å². The molecule has 0 unspecified atom stereocenters. The molecule has 0 aliphatic rings. The molecule has 0 aliphatic heterocycles. The van der Waals surface area contributed by atoms with Crippen LogP contribution in [0, 0.1) is 11.6 Å². The van der Waals surface area contributed by atoms with Gasteiger partial charge in [0.15, 0.2) is 0 Å². The number of rotatable bonds is 3. The highest BCUT2D eigenvalue weighted by Gasteiger charge is 2.18. The molecule has 1 rings (SSSR count). The largest absolute Gasteiger partial charge is 0.459 e. The highest BCUT2D eigenvalue weighted by Crippen LogP contribution is 2.20. The molecular formula is C11H12F2N2O3. The Balaban J connectivity index is 3.12. The van der Waals surface area contributed by atoms with E-state index in [9.17, 15) is 18.4 Å². The Morgan fingerprint density at radius 2 is 1.89 bits per heavy atom. The number of amides is 2. The maximum atomic E-state index is 13.4. The molecule has 0 atom stereocenters. The Morgan fingerprint density at radius 1 is 1.28 bits per heavy atom. The zero-order chi connectivity index (χ0) is 13.9. The fraction of sp³-hybridized carbons (Fsp3) is 0.273. The summed E-state index contributed by atoms with van der Waals surface area (Å²) >= 11 is 0. The van der Waals surface area contributed by atoms with Crippen LogP contribution in [0.2, 0.25) is 0 Å². The summed E-state index contributed by atoms with van der Waals surface area (Å²) in [5.74, 6) is -3.06. The number of anilines is 1. The Labute approximate surface area is 102 Å². The predicted octanol–water partition coefficient (Wildman–Crippen LogP) is 2.02. The molecular weight excluding hydrogens is 246 g/mol. The van der Waals surface area contributed by atoms with Gasteiger partial charge in [-0.2, -0.15) is 0 Å². The second kappa shape index (κ2) is 5.44. The predicted molar refractivity (Wildman–Crippen MR) is 60.1 cm³/mol. The van der Waals surface area contributed by atoms with Crippen molar-refractivity contribution in [2.45, 2.75) is 20.0 Å². The summed E-state index contributed by atoms with van der Waals surface area (Å²) in [7, 11) is 0. The Bertz CT molecular complexity index is 489. The molecule has 2 amide bonds. The first-order chi connectivity index (χ1) is 8.31. The van der Waals surface area contributed by atoms with Gasteiger partial charge in [-0.1, -0.05) is 0 Å². The number of nitrogens with two attached hydrogens (primary N) is 1. The van der Waals surface area contributed by atoms with Crippen LogP contribution in [-0.4, -0.2) is 18.1 Å².